The normalized spacial score (nSPS) is 18.4. The van der Waals surface area contributed by atoms with Crippen LogP contribution in [0.15, 0.2) is 30.3 Å². The van der Waals surface area contributed by atoms with Crippen LogP contribution in [0, 0.1) is 0 Å². The first-order valence-electron chi connectivity index (χ1n) is 6.49. The molecule has 0 saturated carbocycles. The highest BCUT2D eigenvalue weighted by molar-refractivity contribution is 5.85. The van der Waals surface area contributed by atoms with Crippen LogP contribution in [-0.2, 0) is 16.0 Å². The Morgan fingerprint density at radius 3 is 2.68 bits per heavy atom. The van der Waals surface area contributed by atoms with E-state index in [1.165, 1.54) is 0 Å². The number of carbonyl (C=O) groups is 2. The van der Waals surface area contributed by atoms with Crippen molar-refractivity contribution >= 4 is 11.8 Å². The minimum Gasteiger partial charge on any atom is -0.347 e. The molecule has 1 atom stereocenters. The summed E-state index contributed by atoms with van der Waals surface area (Å²) in [5, 5.41) is 2.65. The van der Waals surface area contributed by atoms with E-state index >= 15 is 0 Å². The molecule has 1 heterocycles. The Balaban J connectivity index is 1.73. The number of likely N-dealkylation sites (tertiary alicyclic amines) is 1. The van der Waals surface area contributed by atoms with Crippen LogP contribution in [0.5, 0.6) is 0 Å². The molecule has 0 radical (unpaired) electrons. The van der Waals surface area contributed by atoms with Crippen molar-refractivity contribution in [2.75, 3.05) is 19.6 Å². The molecule has 1 fully saturated rings. The first-order chi connectivity index (χ1) is 9.15. The quantitative estimate of drug-likeness (QED) is 0.795. The number of nitrogens with one attached hydrogen (secondary N) is 1. The van der Waals surface area contributed by atoms with Crippen LogP contribution in [-0.4, -0.2) is 42.4 Å². The Labute approximate surface area is 112 Å². The summed E-state index contributed by atoms with van der Waals surface area (Å²) < 4.78 is 0. The smallest absolute Gasteiger partial charge is 0.242 e. The zero-order valence-electron chi connectivity index (χ0n) is 10.8. The van der Waals surface area contributed by atoms with Crippen molar-refractivity contribution in [2.24, 2.45) is 5.73 Å². The van der Waals surface area contributed by atoms with Gasteiger partial charge in [0.1, 0.15) is 0 Å². The summed E-state index contributed by atoms with van der Waals surface area (Å²) in [4.78, 5) is 25.2. The predicted molar refractivity (Wildman–Crippen MR) is 72.3 cm³/mol. The summed E-state index contributed by atoms with van der Waals surface area (Å²) >= 11 is 0. The lowest BCUT2D eigenvalue weighted by Gasteiger charge is -2.16. The summed E-state index contributed by atoms with van der Waals surface area (Å²) in [6.45, 7) is 1.33. The molecule has 1 aromatic rings. The number of hydrogen-bond acceptors (Lipinski definition) is 3. The largest absolute Gasteiger partial charge is 0.347 e. The molecule has 0 aromatic heterocycles. The van der Waals surface area contributed by atoms with Gasteiger partial charge in [0.25, 0.3) is 0 Å². The summed E-state index contributed by atoms with van der Waals surface area (Å²) in [6.07, 6.45) is 1.14. The molecule has 0 unspecified atom stereocenters. The number of carbonyl (C=O) groups excluding carboxylic acids is 2. The fraction of sp³-hybridized carbons (Fsp3) is 0.429. The van der Waals surface area contributed by atoms with Crippen LogP contribution in [0.25, 0.3) is 0 Å². The molecule has 5 nitrogen and oxygen atoms in total. The van der Waals surface area contributed by atoms with E-state index in [0.717, 1.165) is 12.0 Å². The van der Waals surface area contributed by atoms with Gasteiger partial charge in [0.15, 0.2) is 0 Å². The Morgan fingerprint density at radius 2 is 2.05 bits per heavy atom. The van der Waals surface area contributed by atoms with Crippen molar-refractivity contribution in [1.82, 2.24) is 10.2 Å². The van der Waals surface area contributed by atoms with Gasteiger partial charge in [-0.1, -0.05) is 30.3 Å². The third-order valence-electron chi connectivity index (χ3n) is 3.22. The minimum atomic E-state index is -0.136. The van der Waals surface area contributed by atoms with E-state index in [0.29, 0.717) is 19.5 Å². The van der Waals surface area contributed by atoms with Gasteiger partial charge >= 0.3 is 0 Å². The fourth-order valence-electron chi connectivity index (χ4n) is 2.14. The van der Waals surface area contributed by atoms with Gasteiger partial charge < -0.3 is 16.0 Å². The van der Waals surface area contributed by atoms with Gasteiger partial charge in [-0.3, -0.25) is 9.59 Å². The predicted octanol–water partition coefficient (Wildman–Crippen LogP) is -0.0951. The van der Waals surface area contributed by atoms with Crippen molar-refractivity contribution < 1.29 is 9.59 Å². The second-order valence-electron chi connectivity index (χ2n) is 4.83. The van der Waals surface area contributed by atoms with Gasteiger partial charge in [-0.25, -0.2) is 0 Å². The summed E-state index contributed by atoms with van der Waals surface area (Å²) in [5.41, 5.74) is 6.68. The van der Waals surface area contributed by atoms with E-state index in [1.807, 2.05) is 30.3 Å². The van der Waals surface area contributed by atoms with Crippen molar-refractivity contribution in [1.29, 1.82) is 0 Å². The molecule has 2 rings (SSSR count). The number of amides is 2. The molecule has 1 aromatic carbocycles. The maximum Gasteiger partial charge on any atom is 0.242 e. The Bertz CT molecular complexity index is 447. The number of benzene rings is 1. The highest BCUT2D eigenvalue weighted by Crippen LogP contribution is 2.06. The molecule has 1 aliphatic rings. The highest BCUT2D eigenvalue weighted by atomic mass is 16.2. The van der Waals surface area contributed by atoms with Crippen molar-refractivity contribution in [3.8, 4) is 0 Å². The Kier molecular flexibility index (Phi) is 4.52. The van der Waals surface area contributed by atoms with Gasteiger partial charge in [0.05, 0.1) is 13.0 Å². The monoisotopic (exact) mass is 261 g/mol. The Hall–Kier alpha value is -1.88. The average Bonchev–Trinajstić information content (AvgIpc) is 2.84. The fourth-order valence-corrected chi connectivity index (χ4v) is 2.14. The average molecular weight is 261 g/mol. The number of hydrogen-bond donors (Lipinski definition) is 2. The van der Waals surface area contributed by atoms with Crippen LogP contribution < -0.4 is 11.1 Å². The second-order valence-corrected chi connectivity index (χ2v) is 4.83. The van der Waals surface area contributed by atoms with Crippen LogP contribution in [0.2, 0.25) is 0 Å². The molecule has 0 bridgehead atoms. The third-order valence-corrected chi connectivity index (χ3v) is 3.22. The number of nitrogens with two attached hydrogens (primary N) is 1. The van der Waals surface area contributed by atoms with E-state index in [2.05, 4.69) is 5.32 Å². The summed E-state index contributed by atoms with van der Waals surface area (Å²) in [5.74, 6) is -0.197. The maximum atomic E-state index is 11.8. The first kappa shape index (κ1) is 13.5. The molecule has 0 spiro atoms. The van der Waals surface area contributed by atoms with Crippen LogP contribution >= 0.6 is 0 Å². The first-order valence-corrected chi connectivity index (χ1v) is 6.49. The van der Waals surface area contributed by atoms with Gasteiger partial charge in [-0.15, -0.1) is 0 Å². The molecule has 2 amide bonds. The van der Waals surface area contributed by atoms with Crippen LogP contribution in [0.3, 0.4) is 0 Å². The summed E-state index contributed by atoms with van der Waals surface area (Å²) in [6, 6.07) is 9.53. The van der Waals surface area contributed by atoms with Gasteiger partial charge in [-0.05, 0) is 12.0 Å². The molecular formula is C14H19N3O2. The molecule has 1 aliphatic heterocycles. The lowest BCUT2D eigenvalue weighted by Crippen LogP contribution is -2.40. The van der Waals surface area contributed by atoms with E-state index in [4.69, 9.17) is 5.73 Å². The van der Waals surface area contributed by atoms with Gasteiger partial charge in [-0.2, -0.15) is 0 Å². The minimum absolute atomic E-state index is 0.0540. The molecule has 1 saturated heterocycles. The number of nitrogens with zero attached hydrogens (tertiary/aromatic N) is 1. The zero-order valence-corrected chi connectivity index (χ0v) is 10.8. The highest BCUT2D eigenvalue weighted by Gasteiger charge is 2.23. The van der Waals surface area contributed by atoms with E-state index in [1.54, 1.807) is 4.90 Å². The van der Waals surface area contributed by atoms with E-state index in [9.17, 15) is 9.59 Å². The standard InChI is InChI=1S/C14H19N3O2/c15-12-6-7-17(10-12)14(19)9-16-13(18)8-11-4-2-1-3-5-11/h1-5,12H,6-10,15H2,(H,16,18)/t12-/m1/s1. The van der Waals surface area contributed by atoms with Crippen molar-refractivity contribution in [2.45, 2.75) is 18.9 Å². The van der Waals surface area contributed by atoms with Crippen molar-refractivity contribution in [3.63, 3.8) is 0 Å². The molecule has 102 valence electrons. The second kappa shape index (κ2) is 6.33. The van der Waals surface area contributed by atoms with Crippen LogP contribution in [0.1, 0.15) is 12.0 Å². The van der Waals surface area contributed by atoms with E-state index in [-0.39, 0.29) is 24.4 Å². The topological polar surface area (TPSA) is 75.4 Å². The SMILES string of the molecule is N[C@@H]1CCN(C(=O)CNC(=O)Cc2ccccc2)C1. The third kappa shape index (κ3) is 4.06. The molecule has 3 N–H and O–H groups in total. The van der Waals surface area contributed by atoms with Crippen molar-refractivity contribution in [3.05, 3.63) is 35.9 Å². The van der Waals surface area contributed by atoms with Gasteiger partial charge in [0, 0.05) is 19.1 Å². The summed E-state index contributed by atoms with van der Waals surface area (Å²) in [7, 11) is 0. The number of rotatable bonds is 4. The lowest BCUT2D eigenvalue weighted by atomic mass is 10.1. The molecule has 0 aliphatic carbocycles. The van der Waals surface area contributed by atoms with E-state index < -0.39 is 0 Å². The molecule has 19 heavy (non-hydrogen) atoms. The zero-order chi connectivity index (χ0) is 13.7. The Morgan fingerprint density at radius 1 is 1.32 bits per heavy atom. The van der Waals surface area contributed by atoms with Crippen LogP contribution in [0.4, 0.5) is 0 Å². The molecular weight excluding hydrogens is 242 g/mol. The van der Waals surface area contributed by atoms with Gasteiger partial charge in [0.2, 0.25) is 11.8 Å². The maximum absolute atomic E-state index is 11.8. The molecule has 5 heteroatoms. The lowest BCUT2D eigenvalue weighted by molar-refractivity contribution is -0.131.